The van der Waals surface area contributed by atoms with Crippen LogP contribution in [0.2, 0.25) is 0 Å². The molecule has 110 valence electrons. The summed E-state index contributed by atoms with van der Waals surface area (Å²) in [5.74, 6) is 0.0568. The Kier molecular flexibility index (Phi) is 4.33. The van der Waals surface area contributed by atoms with E-state index in [0.29, 0.717) is 12.3 Å². The minimum Gasteiger partial charge on any atom is -0.399 e. The molecule has 1 aromatic carbocycles. The molecule has 1 fully saturated rings. The van der Waals surface area contributed by atoms with Crippen LogP contribution in [0.5, 0.6) is 0 Å². The Labute approximate surface area is 120 Å². The number of carbonyl (C=O) groups is 1. The van der Waals surface area contributed by atoms with E-state index in [9.17, 15) is 4.79 Å². The summed E-state index contributed by atoms with van der Waals surface area (Å²) in [6.45, 7) is 6.64. The summed E-state index contributed by atoms with van der Waals surface area (Å²) in [6, 6.07) is 7.71. The van der Waals surface area contributed by atoms with Crippen molar-refractivity contribution in [2.24, 2.45) is 0 Å². The molecule has 3 N–H and O–H groups in total. The Morgan fingerprint density at radius 3 is 2.60 bits per heavy atom. The molecule has 1 aromatic rings. The van der Waals surface area contributed by atoms with E-state index in [1.165, 1.54) is 0 Å². The Morgan fingerprint density at radius 2 is 2.00 bits per heavy atom. The van der Waals surface area contributed by atoms with Crippen molar-refractivity contribution in [3.63, 3.8) is 0 Å². The van der Waals surface area contributed by atoms with E-state index in [1.807, 2.05) is 45.0 Å². The van der Waals surface area contributed by atoms with Crippen LogP contribution in [0.25, 0.3) is 0 Å². The second-order valence-electron chi connectivity index (χ2n) is 6.12. The number of anilines is 1. The van der Waals surface area contributed by atoms with Gasteiger partial charge in [-0.3, -0.25) is 4.79 Å². The molecule has 4 nitrogen and oxygen atoms in total. The molecule has 2 rings (SSSR count). The second kappa shape index (κ2) is 5.83. The molecule has 2 unspecified atom stereocenters. The van der Waals surface area contributed by atoms with Crippen molar-refractivity contribution in [2.75, 3.05) is 12.3 Å². The van der Waals surface area contributed by atoms with Crippen LogP contribution in [0.1, 0.15) is 39.2 Å². The highest BCUT2D eigenvalue weighted by molar-refractivity contribution is 5.87. The fraction of sp³-hybridized carbons (Fsp3) is 0.562. The van der Waals surface area contributed by atoms with E-state index in [2.05, 4.69) is 5.32 Å². The van der Waals surface area contributed by atoms with Gasteiger partial charge in [0.2, 0.25) is 5.91 Å². The molecule has 1 aliphatic rings. The van der Waals surface area contributed by atoms with E-state index < -0.39 is 5.41 Å². The number of rotatable bonds is 3. The Morgan fingerprint density at radius 1 is 1.35 bits per heavy atom. The lowest BCUT2D eigenvalue weighted by Crippen LogP contribution is -2.48. The summed E-state index contributed by atoms with van der Waals surface area (Å²) in [4.78, 5) is 12.5. The number of ether oxygens (including phenoxy) is 1. The van der Waals surface area contributed by atoms with Crippen molar-refractivity contribution < 1.29 is 9.53 Å². The average molecular weight is 276 g/mol. The first kappa shape index (κ1) is 14.9. The van der Waals surface area contributed by atoms with Crippen LogP contribution in [0, 0.1) is 0 Å². The van der Waals surface area contributed by atoms with Crippen LogP contribution < -0.4 is 11.1 Å². The molecule has 1 saturated heterocycles. The fourth-order valence-electron chi connectivity index (χ4n) is 2.53. The van der Waals surface area contributed by atoms with Gasteiger partial charge >= 0.3 is 0 Å². The SMILES string of the molecule is CC1CC(NC(=O)C(C)(C)c2ccc(N)cc2)CCO1. The van der Waals surface area contributed by atoms with E-state index in [1.54, 1.807) is 0 Å². The van der Waals surface area contributed by atoms with Crippen LogP contribution in [0.4, 0.5) is 5.69 Å². The van der Waals surface area contributed by atoms with Crippen molar-refractivity contribution in [1.82, 2.24) is 5.32 Å². The summed E-state index contributed by atoms with van der Waals surface area (Å²) in [5, 5.41) is 3.15. The zero-order chi connectivity index (χ0) is 14.8. The molecule has 0 bridgehead atoms. The molecule has 1 heterocycles. The van der Waals surface area contributed by atoms with Gasteiger partial charge in [0.15, 0.2) is 0 Å². The van der Waals surface area contributed by atoms with Gasteiger partial charge in [-0.15, -0.1) is 0 Å². The summed E-state index contributed by atoms with van der Waals surface area (Å²) < 4.78 is 5.51. The molecular weight excluding hydrogens is 252 g/mol. The molecule has 0 radical (unpaired) electrons. The monoisotopic (exact) mass is 276 g/mol. The number of nitrogen functional groups attached to an aromatic ring is 1. The fourth-order valence-corrected chi connectivity index (χ4v) is 2.53. The standard InChI is InChI=1S/C16H24N2O2/c1-11-10-14(8-9-20-11)18-15(19)16(2,3)12-4-6-13(17)7-5-12/h4-7,11,14H,8-10,17H2,1-3H3,(H,18,19). The highest BCUT2D eigenvalue weighted by Crippen LogP contribution is 2.25. The van der Waals surface area contributed by atoms with E-state index >= 15 is 0 Å². The smallest absolute Gasteiger partial charge is 0.230 e. The minimum absolute atomic E-state index is 0.0568. The predicted octanol–water partition coefficient (Wildman–Crippen LogP) is 2.23. The zero-order valence-corrected chi connectivity index (χ0v) is 12.5. The van der Waals surface area contributed by atoms with Gasteiger partial charge in [0.05, 0.1) is 11.5 Å². The normalized spacial score (nSPS) is 23.4. The third-order valence-electron chi connectivity index (χ3n) is 4.02. The molecular formula is C16H24N2O2. The van der Waals surface area contributed by atoms with Gasteiger partial charge in [-0.05, 0) is 51.3 Å². The van der Waals surface area contributed by atoms with E-state index in [-0.39, 0.29) is 18.1 Å². The summed E-state index contributed by atoms with van der Waals surface area (Å²) in [7, 11) is 0. The maximum absolute atomic E-state index is 12.5. The maximum atomic E-state index is 12.5. The zero-order valence-electron chi connectivity index (χ0n) is 12.5. The highest BCUT2D eigenvalue weighted by Gasteiger charge is 2.32. The van der Waals surface area contributed by atoms with Gasteiger partial charge in [0.1, 0.15) is 0 Å². The highest BCUT2D eigenvalue weighted by atomic mass is 16.5. The van der Waals surface area contributed by atoms with Gasteiger partial charge in [-0.1, -0.05) is 12.1 Å². The first-order chi connectivity index (χ1) is 9.39. The predicted molar refractivity (Wildman–Crippen MR) is 80.5 cm³/mol. The van der Waals surface area contributed by atoms with Crippen LogP contribution in [-0.2, 0) is 14.9 Å². The molecule has 2 atom stereocenters. The minimum atomic E-state index is -0.560. The largest absolute Gasteiger partial charge is 0.399 e. The molecule has 0 aliphatic carbocycles. The van der Waals surface area contributed by atoms with Gasteiger partial charge in [0.25, 0.3) is 0 Å². The van der Waals surface area contributed by atoms with Crippen molar-refractivity contribution in [3.05, 3.63) is 29.8 Å². The van der Waals surface area contributed by atoms with E-state index in [0.717, 1.165) is 18.4 Å². The lowest BCUT2D eigenvalue weighted by Gasteiger charge is -2.32. The number of nitrogens with one attached hydrogen (secondary N) is 1. The van der Waals surface area contributed by atoms with Crippen molar-refractivity contribution in [3.8, 4) is 0 Å². The molecule has 0 spiro atoms. The Bertz CT molecular complexity index is 468. The molecule has 4 heteroatoms. The number of benzene rings is 1. The summed E-state index contributed by atoms with van der Waals surface area (Å²) >= 11 is 0. The quantitative estimate of drug-likeness (QED) is 0.832. The Hall–Kier alpha value is -1.55. The molecule has 1 amide bonds. The second-order valence-corrected chi connectivity index (χ2v) is 6.12. The van der Waals surface area contributed by atoms with Crippen molar-refractivity contribution >= 4 is 11.6 Å². The average Bonchev–Trinajstić information content (AvgIpc) is 2.39. The molecule has 0 aromatic heterocycles. The number of hydrogen-bond acceptors (Lipinski definition) is 3. The summed E-state index contributed by atoms with van der Waals surface area (Å²) in [6.07, 6.45) is 1.98. The maximum Gasteiger partial charge on any atom is 0.230 e. The number of amides is 1. The van der Waals surface area contributed by atoms with Crippen LogP contribution in [0.3, 0.4) is 0 Å². The van der Waals surface area contributed by atoms with Crippen LogP contribution >= 0.6 is 0 Å². The van der Waals surface area contributed by atoms with Crippen molar-refractivity contribution in [1.29, 1.82) is 0 Å². The first-order valence-electron chi connectivity index (χ1n) is 7.18. The third-order valence-corrected chi connectivity index (χ3v) is 4.02. The van der Waals surface area contributed by atoms with Crippen LogP contribution in [-0.4, -0.2) is 24.7 Å². The van der Waals surface area contributed by atoms with Gasteiger partial charge in [-0.25, -0.2) is 0 Å². The van der Waals surface area contributed by atoms with Crippen molar-refractivity contribution in [2.45, 2.75) is 51.2 Å². The number of hydrogen-bond donors (Lipinski definition) is 2. The van der Waals surface area contributed by atoms with Gasteiger partial charge in [-0.2, -0.15) is 0 Å². The van der Waals surface area contributed by atoms with Gasteiger partial charge in [0, 0.05) is 18.3 Å². The molecule has 20 heavy (non-hydrogen) atoms. The summed E-state index contributed by atoms with van der Waals surface area (Å²) in [5.41, 5.74) is 6.82. The lowest BCUT2D eigenvalue weighted by atomic mass is 9.83. The lowest BCUT2D eigenvalue weighted by molar-refractivity contribution is -0.127. The third kappa shape index (κ3) is 3.31. The first-order valence-corrected chi connectivity index (χ1v) is 7.18. The van der Waals surface area contributed by atoms with Gasteiger partial charge < -0.3 is 15.8 Å². The topological polar surface area (TPSA) is 64.4 Å². The Balaban J connectivity index is 2.04. The molecule has 1 aliphatic heterocycles. The van der Waals surface area contributed by atoms with E-state index in [4.69, 9.17) is 10.5 Å². The number of nitrogens with two attached hydrogens (primary N) is 1. The van der Waals surface area contributed by atoms with Crippen LogP contribution in [0.15, 0.2) is 24.3 Å². The molecule has 0 saturated carbocycles. The number of carbonyl (C=O) groups excluding carboxylic acids is 1.